The van der Waals surface area contributed by atoms with Gasteiger partial charge in [0.1, 0.15) is 6.07 Å². The van der Waals surface area contributed by atoms with Gasteiger partial charge in [-0.3, -0.25) is 0 Å². The molecule has 0 fully saturated rings. The van der Waals surface area contributed by atoms with Crippen molar-refractivity contribution in [2.75, 3.05) is 0 Å². The second kappa shape index (κ2) is 3.28. The quantitative estimate of drug-likeness (QED) is 0.530. The average molecular weight is 205 g/mol. The Morgan fingerprint density at radius 3 is 2.50 bits per heavy atom. The zero-order valence-electron chi connectivity index (χ0n) is 8.38. The van der Waals surface area contributed by atoms with E-state index in [2.05, 4.69) is 16.0 Å². The van der Waals surface area contributed by atoms with Gasteiger partial charge in [-0.25, -0.2) is 9.97 Å². The fourth-order valence-electron chi connectivity index (χ4n) is 1.87. The van der Waals surface area contributed by atoms with Gasteiger partial charge < -0.3 is 0 Å². The van der Waals surface area contributed by atoms with Crippen LogP contribution in [0.15, 0.2) is 42.6 Å². The predicted molar refractivity (Wildman–Crippen MR) is 61.8 cm³/mol. The monoisotopic (exact) mass is 205 g/mol. The summed E-state index contributed by atoms with van der Waals surface area (Å²) >= 11 is 0. The first kappa shape index (κ1) is 8.81. The molecule has 0 N–H and O–H groups in total. The number of fused-ring (bicyclic) bond motifs is 3. The summed E-state index contributed by atoms with van der Waals surface area (Å²) in [6.45, 7) is 0. The lowest BCUT2D eigenvalue weighted by Crippen LogP contribution is -1.90. The first-order valence-electron chi connectivity index (χ1n) is 4.94. The molecule has 0 spiro atoms. The van der Waals surface area contributed by atoms with Gasteiger partial charge in [-0.05, 0) is 17.5 Å². The number of hydrogen-bond donors (Lipinski definition) is 0. The lowest BCUT2D eigenvalue weighted by Gasteiger charge is -2.03. The van der Waals surface area contributed by atoms with E-state index in [0.29, 0.717) is 11.3 Å². The van der Waals surface area contributed by atoms with Crippen LogP contribution in [0.4, 0.5) is 0 Å². The number of aromatic nitrogens is 2. The van der Waals surface area contributed by atoms with Crippen molar-refractivity contribution in [2.24, 2.45) is 0 Å². The third-order valence-corrected chi connectivity index (χ3v) is 2.58. The number of pyridine rings is 2. The molecule has 3 nitrogen and oxygen atoms in total. The van der Waals surface area contributed by atoms with Gasteiger partial charge in [0.15, 0.2) is 11.3 Å². The van der Waals surface area contributed by atoms with E-state index >= 15 is 0 Å². The molecule has 74 valence electrons. The van der Waals surface area contributed by atoms with E-state index in [0.717, 1.165) is 16.2 Å². The molecule has 0 unspecified atom stereocenters. The maximum absolute atomic E-state index is 9.05. The largest absolute Gasteiger partial charge is 0.237 e. The molecule has 2 heterocycles. The van der Waals surface area contributed by atoms with Gasteiger partial charge in [-0.2, -0.15) is 5.26 Å². The molecule has 0 aliphatic carbocycles. The van der Waals surface area contributed by atoms with Crippen LogP contribution in [0, 0.1) is 11.3 Å². The average Bonchev–Trinajstić information content (AvgIpc) is 2.38. The zero-order chi connectivity index (χ0) is 11.0. The van der Waals surface area contributed by atoms with Crippen molar-refractivity contribution in [3.05, 3.63) is 48.3 Å². The standard InChI is InChI=1S/C13H7N3/c14-8-12-10-5-2-1-4-9(10)11-6-3-7-15-13(11)16-12/h1-7H. The molecule has 0 saturated heterocycles. The van der Waals surface area contributed by atoms with Gasteiger partial charge in [0.25, 0.3) is 0 Å². The van der Waals surface area contributed by atoms with Crippen molar-refractivity contribution in [1.82, 2.24) is 9.97 Å². The molecule has 3 heteroatoms. The van der Waals surface area contributed by atoms with E-state index in [4.69, 9.17) is 5.26 Å². The van der Waals surface area contributed by atoms with Gasteiger partial charge >= 0.3 is 0 Å². The lowest BCUT2D eigenvalue weighted by molar-refractivity contribution is 1.27. The highest BCUT2D eigenvalue weighted by Gasteiger charge is 2.06. The number of hydrogen-bond acceptors (Lipinski definition) is 3. The fourth-order valence-corrected chi connectivity index (χ4v) is 1.87. The molecule has 1 aromatic carbocycles. The van der Waals surface area contributed by atoms with Crippen LogP contribution in [-0.4, -0.2) is 9.97 Å². The van der Waals surface area contributed by atoms with Crippen LogP contribution in [0.25, 0.3) is 21.8 Å². The van der Waals surface area contributed by atoms with Gasteiger partial charge in [0.05, 0.1) is 0 Å². The lowest BCUT2D eigenvalue weighted by atomic mass is 10.1. The molecular weight excluding hydrogens is 198 g/mol. The molecule has 0 atom stereocenters. The molecule has 0 radical (unpaired) electrons. The molecule has 0 aliphatic heterocycles. The van der Waals surface area contributed by atoms with Crippen LogP contribution in [-0.2, 0) is 0 Å². The summed E-state index contributed by atoms with van der Waals surface area (Å²) in [7, 11) is 0. The topological polar surface area (TPSA) is 49.6 Å². The number of benzene rings is 1. The zero-order valence-corrected chi connectivity index (χ0v) is 8.38. The van der Waals surface area contributed by atoms with Crippen LogP contribution in [0.2, 0.25) is 0 Å². The normalized spacial score (nSPS) is 10.4. The fraction of sp³-hybridized carbons (Fsp3) is 0. The Labute approximate surface area is 92.0 Å². The molecule has 3 rings (SSSR count). The maximum Gasteiger partial charge on any atom is 0.161 e. The van der Waals surface area contributed by atoms with Crippen LogP contribution >= 0.6 is 0 Å². The Hall–Kier alpha value is -2.47. The Balaban J connectivity index is 2.64. The number of nitriles is 1. The van der Waals surface area contributed by atoms with Gasteiger partial charge in [0.2, 0.25) is 0 Å². The van der Waals surface area contributed by atoms with Crippen molar-refractivity contribution in [1.29, 1.82) is 5.26 Å². The minimum atomic E-state index is 0.432. The third-order valence-electron chi connectivity index (χ3n) is 2.58. The summed E-state index contributed by atoms with van der Waals surface area (Å²) < 4.78 is 0. The van der Waals surface area contributed by atoms with Crippen LogP contribution in [0.3, 0.4) is 0 Å². The molecule has 0 bridgehead atoms. The first-order valence-corrected chi connectivity index (χ1v) is 4.94. The Bertz CT molecular complexity index is 726. The van der Waals surface area contributed by atoms with Crippen molar-refractivity contribution >= 4 is 21.8 Å². The van der Waals surface area contributed by atoms with Gasteiger partial charge in [-0.15, -0.1) is 0 Å². The van der Waals surface area contributed by atoms with E-state index in [1.165, 1.54) is 0 Å². The number of rotatable bonds is 0. The van der Waals surface area contributed by atoms with E-state index < -0.39 is 0 Å². The minimum Gasteiger partial charge on any atom is -0.237 e. The summed E-state index contributed by atoms with van der Waals surface area (Å²) in [5.41, 5.74) is 1.06. The van der Waals surface area contributed by atoms with E-state index in [1.807, 2.05) is 36.4 Å². The Morgan fingerprint density at radius 2 is 1.69 bits per heavy atom. The van der Waals surface area contributed by atoms with Crippen molar-refractivity contribution in [3.8, 4) is 6.07 Å². The summed E-state index contributed by atoms with van der Waals surface area (Å²) in [4.78, 5) is 8.43. The van der Waals surface area contributed by atoms with Crippen LogP contribution in [0.5, 0.6) is 0 Å². The molecule has 0 amide bonds. The maximum atomic E-state index is 9.05. The molecule has 2 aromatic heterocycles. The second-order valence-corrected chi connectivity index (χ2v) is 3.49. The molecule has 0 aliphatic rings. The Morgan fingerprint density at radius 1 is 0.938 bits per heavy atom. The van der Waals surface area contributed by atoms with Crippen molar-refractivity contribution < 1.29 is 0 Å². The molecule has 3 aromatic rings. The van der Waals surface area contributed by atoms with Gasteiger partial charge in [0, 0.05) is 17.0 Å². The summed E-state index contributed by atoms with van der Waals surface area (Å²) in [5.74, 6) is 0. The van der Waals surface area contributed by atoms with Gasteiger partial charge in [-0.1, -0.05) is 24.3 Å². The van der Waals surface area contributed by atoms with Crippen molar-refractivity contribution in [2.45, 2.75) is 0 Å². The summed E-state index contributed by atoms with van der Waals surface area (Å²) in [6, 6.07) is 13.7. The van der Waals surface area contributed by atoms with E-state index in [-0.39, 0.29) is 0 Å². The smallest absolute Gasteiger partial charge is 0.161 e. The number of nitrogens with zero attached hydrogens (tertiary/aromatic N) is 3. The van der Waals surface area contributed by atoms with Crippen molar-refractivity contribution in [3.63, 3.8) is 0 Å². The predicted octanol–water partition coefficient (Wildman–Crippen LogP) is 2.65. The van der Waals surface area contributed by atoms with Crippen LogP contribution < -0.4 is 0 Å². The summed E-state index contributed by atoms with van der Waals surface area (Å²) in [6.07, 6.45) is 1.69. The minimum absolute atomic E-state index is 0.432. The highest BCUT2D eigenvalue weighted by atomic mass is 14.8. The molecular formula is C13H7N3. The van der Waals surface area contributed by atoms with E-state index in [1.54, 1.807) is 6.20 Å². The Kier molecular flexibility index (Phi) is 1.81. The molecule has 0 saturated carbocycles. The highest BCUT2D eigenvalue weighted by Crippen LogP contribution is 2.24. The first-order chi connectivity index (χ1) is 7.90. The van der Waals surface area contributed by atoms with Crippen LogP contribution in [0.1, 0.15) is 5.69 Å². The second-order valence-electron chi connectivity index (χ2n) is 3.49. The summed E-state index contributed by atoms with van der Waals surface area (Å²) in [5, 5.41) is 11.9. The van der Waals surface area contributed by atoms with E-state index in [9.17, 15) is 0 Å². The molecule has 16 heavy (non-hydrogen) atoms. The highest BCUT2D eigenvalue weighted by molar-refractivity contribution is 6.06. The SMILES string of the molecule is N#Cc1nc2ncccc2c2ccccc12. The third kappa shape index (κ3) is 1.14.